The third-order valence-corrected chi connectivity index (χ3v) is 2.29. The third-order valence-electron chi connectivity index (χ3n) is 2.29. The average Bonchev–Trinajstić information content (AvgIpc) is 2.24. The second kappa shape index (κ2) is 5.37. The van der Waals surface area contributed by atoms with Crippen LogP contribution in [0.15, 0.2) is 18.2 Å². The summed E-state index contributed by atoms with van der Waals surface area (Å²) in [4.78, 5) is 11.7. The molecule has 16 heavy (non-hydrogen) atoms. The van der Waals surface area contributed by atoms with Crippen molar-refractivity contribution in [1.82, 2.24) is 5.32 Å². The van der Waals surface area contributed by atoms with Crippen molar-refractivity contribution in [2.45, 2.75) is 19.4 Å². The molecule has 0 saturated carbocycles. The lowest BCUT2D eigenvalue weighted by molar-refractivity contribution is 0.0915. The summed E-state index contributed by atoms with van der Waals surface area (Å²) in [6.45, 7) is 1.80. The summed E-state index contributed by atoms with van der Waals surface area (Å²) in [6, 6.07) is 4.45. The zero-order chi connectivity index (χ0) is 12.1. The Hall–Kier alpha value is -1.75. The molecule has 1 unspecified atom stereocenters. The van der Waals surface area contributed by atoms with Crippen molar-refractivity contribution in [3.63, 3.8) is 0 Å². The maximum atomic E-state index is 11.7. The number of benzene rings is 1. The number of amides is 1. The molecule has 0 aliphatic carbocycles. The molecular formula is C11H17N3O2. The van der Waals surface area contributed by atoms with E-state index in [2.05, 4.69) is 5.32 Å². The number of anilines is 2. The molecule has 88 valence electrons. The number of aliphatic hydroxyl groups is 1. The number of carbonyl (C=O) groups is 1. The summed E-state index contributed by atoms with van der Waals surface area (Å²) in [5, 5.41) is 11.7. The Morgan fingerprint density at radius 1 is 1.38 bits per heavy atom. The van der Waals surface area contributed by atoms with Crippen LogP contribution in [0.1, 0.15) is 23.7 Å². The van der Waals surface area contributed by atoms with Crippen LogP contribution in [0.3, 0.4) is 0 Å². The van der Waals surface area contributed by atoms with Crippen molar-refractivity contribution in [3.05, 3.63) is 23.8 Å². The van der Waals surface area contributed by atoms with Crippen molar-refractivity contribution in [1.29, 1.82) is 0 Å². The lowest BCUT2D eigenvalue weighted by Gasteiger charge is -2.14. The van der Waals surface area contributed by atoms with Gasteiger partial charge in [-0.05, 0) is 24.6 Å². The van der Waals surface area contributed by atoms with E-state index in [9.17, 15) is 4.79 Å². The molecule has 0 aliphatic rings. The quantitative estimate of drug-likeness (QED) is 0.553. The molecule has 0 heterocycles. The van der Waals surface area contributed by atoms with Gasteiger partial charge in [-0.1, -0.05) is 6.92 Å². The Balaban J connectivity index is 2.80. The first-order valence-electron chi connectivity index (χ1n) is 5.14. The van der Waals surface area contributed by atoms with Crippen molar-refractivity contribution in [3.8, 4) is 0 Å². The van der Waals surface area contributed by atoms with E-state index in [1.807, 2.05) is 6.92 Å². The molecular weight excluding hydrogens is 206 g/mol. The van der Waals surface area contributed by atoms with E-state index in [1.54, 1.807) is 18.2 Å². The molecule has 0 aromatic heterocycles. The lowest BCUT2D eigenvalue weighted by Crippen LogP contribution is -2.36. The van der Waals surface area contributed by atoms with Gasteiger partial charge < -0.3 is 21.9 Å². The largest absolute Gasteiger partial charge is 0.399 e. The van der Waals surface area contributed by atoms with Crippen molar-refractivity contribution >= 4 is 17.3 Å². The van der Waals surface area contributed by atoms with Crippen molar-refractivity contribution < 1.29 is 9.90 Å². The van der Waals surface area contributed by atoms with Gasteiger partial charge in [-0.15, -0.1) is 0 Å². The molecule has 1 aromatic rings. The Labute approximate surface area is 94.4 Å². The minimum absolute atomic E-state index is 0.0833. The van der Waals surface area contributed by atoms with Crippen LogP contribution in [0.25, 0.3) is 0 Å². The van der Waals surface area contributed by atoms with E-state index < -0.39 is 0 Å². The van der Waals surface area contributed by atoms with Crippen molar-refractivity contribution in [2.75, 3.05) is 18.1 Å². The molecule has 1 amide bonds. The average molecular weight is 223 g/mol. The van der Waals surface area contributed by atoms with Gasteiger partial charge in [-0.25, -0.2) is 0 Å². The highest BCUT2D eigenvalue weighted by atomic mass is 16.3. The second-order valence-corrected chi connectivity index (χ2v) is 3.65. The maximum absolute atomic E-state index is 11.7. The van der Waals surface area contributed by atoms with Gasteiger partial charge in [0.2, 0.25) is 0 Å². The smallest absolute Gasteiger partial charge is 0.251 e. The minimum atomic E-state index is -0.278. The number of carbonyl (C=O) groups excluding carboxylic acids is 1. The molecule has 0 bridgehead atoms. The predicted octanol–water partition coefficient (Wildman–Crippen LogP) is 0.352. The zero-order valence-electron chi connectivity index (χ0n) is 9.23. The molecule has 5 nitrogen and oxygen atoms in total. The Morgan fingerprint density at radius 2 is 1.94 bits per heavy atom. The molecule has 0 aliphatic heterocycles. The highest BCUT2D eigenvalue weighted by Gasteiger charge is 2.11. The number of hydrogen-bond acceptors (Lipinski definition) is 4. The number of hydrogen-bond donors (Lipinski definition) is 4. The monoisotopic (exact) mass is 223 g/mol. The summed E-state index contributed by atoms with van der Waals surface area (Å²) in [6.07, 6.45) is 0.667. The fourth-order valence-electron chi connectivity index (χ4n) is 1.35. The highest BCUT2D eigenvalue weighted by Crippen LogP contribution is 2.13. The normalized spacial score (nSPS) is 12.1. The predicted molar refractivity (Wildman–Crippen MR) is 63.9 cm³/mol. The number of rotatable bonds is 4. The molecule has 0 saturated heterocycles. The Morgan fingerprint density at radius 3 is 2.38 bits per heavy atom. The summed E-state index contributed by atoms with van der Waals surface area (Å²) < 4.78 is 0. The first kappa shape index (κ1) is 12.3. The molecule has 0 radical (unpaired) electrons. The van der Waals surface area contributed by atoms with Gasteiger partial charge >= 0.3 is 0 Å². The summed E-state index contributed by atoms with van der Waals surface area (Å²) in [7, 11) is 0. The van der Waals surface area contributed by atoms with Gasteiger partial charge in [0.15, 0.2) is 0 Å². The van der Waals surface area contributed by atoms with E-state index in [1.165, 1.54) is 0 Å². The van der Waals surface area contributed by atoms with Gasteiger partial charge in [0.25, 0.3) is 5.91 Å². The zero-order valence-corrected chi connectivity index (χ0v) is 9.23. The Bertz CT molecular complexity index is 355. The third kappa shape index (κ3) is 3.13. The van der Waals surface area contributed by atoms with Gasteiger partial charge in [-0.3, -0.25) is 4.79 Å². The first-order chi connectivity index (χ1) is 7.56. The van der Waals surface area contributed by atoms with Gasteiger partial charge in [-0.2, -0.15) is 0 Å². The fraction of sp³-hybridized carbons (Fsp3) is 0.364. The highest BCUT2D eigenvalue weighted by molar-refractivity contribution is 5.96. The van der Waals surface area contributed by atoms with Crippen LogP contribution >= 0.6 is 0 Å². The van der Waals surface area contributed by atoms with Crippen LogP contribution in [0, 0.1) is 0 Å². The molecule has 0 fully saturated rings. The van der Waals surface area contributed by atoms with Crippen molar-refractivity contribution in [2.24, 2.45) is 0 Å². The molecule has 6 N–H and O–H groups in total. The van der Waals surface area contributed by atoms with Crippen LogP contribution < -0.4 is 16.8 Å². The maximum Gasteiger partial charge on any atom is 0.251 e. The van der Waals surface area contributed by atoms with E-state index >= 15 is 0 Å². The topological polar surface area (TPSA) is 101 Å². The van der Waals surface area contributed by atoms with Crippen LogP contribution in [0.5, 0.6) is 0 Å². The standard InChI is InChI=1S/C11H17N3O2/c1-2-10(6-15)14-11(16)7-3-8(12)5-9(13)4-7/h3-5,10,15H,2,6,12-13H2,1H3,(H,14,16). The number of aliphatic hydroxyl groups excluding tert-OH is 1. The number of nitrogens with two attached hydrogens (primary N) is 2. The number of nitrogen functional groups attached to an aromatic ring is 2. The molecule has 1 atom stereocenters. The summed E-state index contributed by atoms with van der Waals surface area (Å²) in [5.41, 5.74) is 12.5. The number of nitrogens with one attached hydrogen (secondary N) is 1. The second-order valence-electron chi connectivity index (χ2n) is 3.65. The molecule has 5 heteroatoms. The SMILES string of the molecule is CCC(CO)NC(=O)c1cc(N)cc(N)c1. The summed E-state index contributed by atoms with van der Waals surface area (Å²) in [5.74, 6) is -0.278. The van der Waals surface area contributed by atoms with E-state index in [0.29, 0.717) is 23.4 Å². The molecule has 0 spiro atoms. The van der Waals surface area contributed by atoms with Gasteiger partial charge in [0, 0.05) is 16.9 Å². The van der Waals surface area contributed by atoms with Gasteiger partial charge in [0.1, 0.15) is 0 Å². The van der Waals surface area contributed by atoms with Crippen LogP contribution in [-0.2, 0) is 0 Å². The minimum Gasteiger partial charge on any atom is -0.399 e. The van der Waals surface area contributed by atoms with E-state index in [0.717, 1.165) is 0 Å². The van der Waals surface area contributed by atoms with Gasteiger partial charge in [0.05, 0.1) is 12.6 Å². The Kier molecular flexibility index (Phi) is 4.13. The van der Waals surface area contributed by atoms with Crippen LogP contribution in [0.4, 0.5) is 11.4 Å². The first-order valence-corrected chi connectivity index (χ1v) is 5.14. The summed E-state index contributed by atoms with van der Waals surface area (Å²) >= 11 is 0. The van der Waals surface area contributed by atoms with Crippen LogP contribution in [-0.4, -0.2) is 23.7 Å². The molecule has 1 aromatic carbocycles. The van der Waals surface area contributed by atoms with Crippen LogP contribution in [0.2, 0.25) is 0 Å². The molecule has 1 rings (SSSR count). The fourth-order valence-corrected chi connectivity index (χ4v) is 1.35. The van der Waals surface area contributed by atoms with E-state index in [4.69, 9.17) is 16.6 Å². The van der Waals surface area contributed by atoms with E-state index in [-0.39, 0.29) is 18.6 Å². The lowest BCUT2D eigenvalue weighted by atomic mass is 10.1.